The van der Waals surface area contributed by atoms with Crippen molar-refractivity contribution in [2.45, 2.75) is 24.7 Å². The minimum absolute atomic E-state index is 0.214. The molecule has 136 valence electrons. The second-order valence-corrected chi connectivity index (χ2v) is 7.93. The van der Waals surface area contributed by atoms with E-state index in [0.29, 0.717) is 23.2 Å². The van der Waals surface area contributed by atoms with Crippen molar-refractivity contribution in [2.75, 3.05) is 10.6 Å². The zero-order chi connectivity index (χ0) is 18.6. The molecule has 0 unspecified atom stereocenters. The Morgan fingerprint density at radius 2 is 1.92 bits per heavy atom. The molecule has 2 N–H and O–H groups in total. The largest absolute Gasteiger partial charge is 0.280 e. The lowest BCUT2D eigenvalue weighted by atomic mass is 10.1. The average Bonchev–Trinajstić information content (AvgIpc) is 3.07. The molecule has 0 aliphatic heterocycles. The van der Waals surface area contributed by atoms with Gasteiger partial charge in [0, 0.05) is 17.1 Å². The molecular formula is C18H19ClN4O2S. The van der Waals surface area contributed by atoms with Gasteiger partial charge in [0.2, 0.25) is 0 Å². The molecule has 0 atom stereocenters. The van der Waals surface area contributed by atoms with Crippen molar-refractivity contribution in [2.24, 2.45) is 0 Å². The van der Waals surface area contributed by atoms with Crippen LogP contribution in [0, 0.1) is 6.92 Å². The summed E-state index contributed by atoms with van der Waals surface area (Å²) in [5, 5.41) is 6.87. The van der Waals surface area contributed by atoms with Crippen molar-refractivity contribution < 1.29 is 8.42 Å². The Morgan fingerprint density at radius 3 is 2.58 bits per heavy atom. The standard InChI is InChI=1S/C18H19ClN4O2S/c1-13-20-18(22-21-13)15-5-2-6-16(12-15)23-26(24,25)17-9-7-14(8-10-17)4-3-11-19/h2,5-10,12,23H,3-4,11H2,1H3,(H,20,21,22). The van der Waals surface area contributed by atoms with E-state index in [1.165, 1.54) is 0 Å². The van der Waals surface area contributed by atoms with Crippen LogP contribution in [0.1, 0.15) is 17.8 Å². The topological polar surface area (TPSA) is 87.7 Å². The summed E-state index contributed by atoms with van der Waals surface area (Å²) in [6, 6.07) is 13.8. The highest BCUT2D eigenvalue weighted by molar-refractivity contribution is 7.92. The molecule has 0 aliphatic carbocycles. The van der Waals surface area contributed by atoms with E-state index in [0.717, 1.165) is 24.0 Å². The Bertz CT molecular complexity index is 984. The summed E-state index contributed by atoms with van der Waals surface area (Å²) in [7, 11) is -3.67. The highest BCUT2D eigenvalue weighted by Gasteiger charge is 2.15. The van der Waals surface area contributed by atoms with E-state index in [2.05, 4.69) is 19.9 Å². The van der Waals surface area contributed by atoms with Crippen LogP contribution in [0.3, 0.4) is 0 Å². The molecule has 2 aromatic carbocycles. The molecule has 1 aromatic heterocycles. The number of nitrogens with one attached hydrogen (secondary N) is 2. The fourth-order valence-corrected chi connectivity index (χ4v) is 3.70. The maximum Gasteiger partial charge on any atom is 0.261 e. The van der Waals surface area contributed by atoms with Gasteiger partial charge >= 0.3 is 0 Å². The lowest BCUT2D eigenvalue weighted by Gasteiger charge is -2.09. The number of alkyl halides is 1. The van der Waals surface area contributed by atoms with Crippen molar-refractivity contribution in [3.63, 3.8) is 0 Å². The molecule has 0 fully saturated rings. The molecule has 0 radical (unpaired) electrons. The Morgan fingerprint density at radius 1 is 1.15 bits per heavy atom. The number of hydrogen-bond donors (Lipinski definition) is 2. The highest BCUT2D eigenvalue weighted by Crippen LogP contribution is 2.22. The Kier molecular flexibility index (Phi) is 5.58. The fourth-order valence-electron chi connectivity index (χ4n) is 2.51. The number of sulfonamides is 1. The van der Waals surface area contributed by atoms with Gasteiger partial charge in [-0.3, -0.25) is 9.82 Å². The van der Waals surface area contributed by atoms with Gasteiger partial charge in [0.25, 0.3) is 10.0 Å². The van der Waals surface area contributed by atoms with Crippen molar-refractivity contribution in [3.8, 4) is 11.4 Å². The lowest BCUT2D eigenvalue weighted by Crippen LogP contribution is -2.13. The first-order valence-corrected chi connectivity index (χ1v) is 10.2. The number of aromatic nitrogens is 3. The molecule has 6 nitrogen and oxygen atoms in total. The van der Waals surface area contributed by atoms with Crippen LogP contribution < -0.4 is 4.72 Å². The summed E-state index contributed by atoms with van der Waals surface area (Å²) < 4.78 is 27.8. The minimum atomic E-state index is -3.67. The van der Waals surface area contributed by atoms with E-state index in [-0.39, 0.29) is 4.90 Å². The van der Waals surface area contributed by atoms with Crippen molar-refractivity contribution in [1.29, 1.82) is 0 Å². The van der Waals surface area contributed by atoms with E-state index in [9.17, 15) is 8.42 Å². The third-order valence-electron chi connectivity index (χ3n) is 3.80. The summed E-state index contributed by atoms with van der Waals surface area (Å²) in [4.78, 5) is 4.47. The number of anilines is 1. The second-order valence-electron chi connectivity index (χ2n) is 5.87. The normalized spacial score (nSPS) is 11.5. The van der Waals surface area contributed by atoms with Gasteiger partial charge < -0.3 is 0 Å². The molecular weight excluding hydrogens is 372 g/mol. The van der Waals surface area contributed by atoms with Crippen LogP contribution >= 0.6 is 11.6 Å². The van der Waals surface area contributed by atoms with Gasteiger partial charge in [-0.1, -0.05) is 24.3 Å². The summed E-state index contributed by atoms with van der Waals surface area (Å²) in [6.45, 7) is 1.81. The van der Waals surface area contributed by atoms with E-state index < -0.39 is 10.0 Å². The first-order chi connectivity index (χ1) is 12.5. The number of H-pyrrole nitrogens is 1. The minimum Gasteiger partial charge on any atom is -0.280 e. The second kappa shape index (κ2) is 7.88. The van der Waals surface area contributed by atoms with Gasteiger partial charge in [-0.15, -0.1) is 11.6 Å². The molecule has 0 amide bonds. The number of halogens is 1. The molecule has 3 aromatic rings. The van der Waals surface area contributed by atoms with E-state index in [1.807, 2.05) is 18.2 Å². The number of aromatic amines is 1. The average molecular weight is 391 g/mol. The number of rotatable bonds is 7. The molecule has 3 rings (SSSR count). The SMILES string of the molecule is Cc1nc(-c2cccc(NS(=O)(=O)c3ccc(CCCCl)cc3)c2)n[nH]1. The number of benzene rings is 2. The van der Waals surface area contributed by atoms with Gasteiger partial charge in [-0.05, 0) is 49.6 Å². The molecule has 0 saturated heterocycles. The Labute approximate surface area is 157 Å². The molecule has 0 saturated carbocycles. The molecule has 0 spiro atoms. The predicted molar refractivity (Wildman–Crippen MR) is 103 cm³/mol. The zero-order valence-electron chi connectivity index (χ0n) is 14.2. The number of nitrogens with zero attached hydrogens (tertiary/aromatic N) is 2. The maximum atomic E-state index is 12.6. The summed E-state index contributed by atoms with van der Waals surface area (Å²) in [5.74, 6) is 1.80. The smallest absolute Gasteiger partial charge is 0.261 e. The predicted octanol–water partition coefficient (Wildman–Crippen LogP) is 3.75. The van der Waals surface area contributed by atoms with Crippen molar-refractivity contribution in [3.05, 3.63) is 59.9 Å². The lowest BCUT2D eigenvalue weighted by molar-refractivity contribution is 0.601. The van der Waals surface area contributed by atoms with Crippen LogP contribution in [0.5, 0.6) is 0 Å². The monoisotopic (exact) mass is 390 g/mol. The maximum absolute atomic E-state index is 12.6. The van der Waals surface area contributed by atoms with E-state index in [4.69, 9.17) is 11.6 Å². The van der Waals surface area contributed by atoms with Gasteiger partial charge in [0.1, 0.15) is 5.82 Å². The molecule has 0 bridgehead atoms. The van der Waals surface area contributed by atoms with Crippen molar-refractivity contribution in [1.82, 2.24) is 15.2 Å². The van der Waals surface area contributed by atoms with Crippen LogP contribution in [-0.2, 0) is 16.4 Å². The third kappa shape index (κ3) is 4.42. The van der Waals surface area contributed by atoms with Crippen molar-refractivity contribution >= 4 is 27.3 Å². The van der Waals surface area contributed by atoms with E-state index in [1.54, 1.807) is 37.3 Å². The van der Waals surface area contributed by atoms with Gasteiger partial charge in [-0.25, -0.2) is 13.4 Å². The van der Waals surface area contributed by atoms with Crippen LogP contribution in [0.2, 0.25) is 0 Å². The quantitative estimate of drug-likeness (QED) is 0.601. The van der Waals surface area contributed by atoms with Crippen LogP contribution in [-0.4, -0.2) is 29.5 Å². The molecule has 0 aliphatic rings. The number of hydrogen-bond acceptors (Lipinski definition) is 4. The fraction of sp³-hybridized carbons (Fsp3) is 0.222. The van der Waals surface area contributed by atoms with E-state index >= 15 is 0 Å². The highest BCUT2D eigenvalue weighted by atomic mass is 35.5. The molecule has 26 heavy (non-hydrogen) atoms. The first kappa shape index (κ1) is 18.4. The van der Waals surface area contributed by atoms with Crippen LogP contribution in [0.25, 0.3) is 11.4 Å². The van der Waals surface area contributed by atoms with Crippen LogP contribution in [0.4, 0.5) is 5.69 Å². The molecule has 8 heteroatoms. The summed E-state index contributed by atoms with van der Waals surface area (Å²) in [5.41, 5.74) is 2.24. The van der Waals surface area contributed by atoms with Crippen LogP contribution in [0.15, 0.2) is 53.4 Å². The first-order valence-electron chi connectivity index (χ1n) is 8.15. The van der Waals surface area contributed by atoms with Gasteiger partial charge in [0.15, 0.2) is 5.82 Å². The zero-order valence-corrected chi connectivity index (χ0v) is 15.8. The Hall–Kier alpha value is -2.38. The van der Waals surface area contributed by atoms with Gasteiger partial charge in [-0.2, -0.15) is 5.10 Å². The summed E-state index contributed by atoms with van der Waals surface area (Å²) >= 11 is 5.69. The number of aryl methyl sites for hydroxylation is 2. The Balaban J connectivity index is 1.79. The molecule has 1 heterocycles. The van der Waals surface area contributed by atoms with Gasteiger partial charge in [0.05, 0.1) is 4.90 Å². The third-order valence-corrected chi connectivity index (χ3v) is 5.47. The summed E-state index contributed by atoms with van der Waals surface area (Å²) in [6.07, 6.45) is 1.69.